The average Bonchev–Trinajstić information content (AvgIpc) is 3.16. The molecule has 4 N–H and O–H groups in total. The van der Waals surface area contributed by atoms with E-state index in [4.69, 9.17) is 9.88 Å². The number of nitrogens with one attached hydrogen (secondary N) is 2. The van der Waals surface area contributed by atoms with Gasteiger partial charge in [-0.2, -0.15) is 0 Å². The van der Waals surface area contributed by atoms with Crippen LogP contribution in [-0.4, -0.2) is 55.5 Å². The fourth-order valence-electron chi connectivity index (χ4n) is 6.39. The van der Waals surface area contributed by atoms with E-state index in [2.05, 4.69) is 20.3 Å². The van der Waals surface area contributed by atoms with Crippen molar-refractivity contribution in [2.24, 2.45) is 5.14 Å². The molecule has 230 valence electrons. The van der Waals surface area contributed by atoms with Gasteiger partial charge in [0.25, 0.3) is 0 Å². The molecule has 0 saturated heterocycles. The van der Waals surface area contributed by atoms with Crippen molar-refractivity contribution < 1.29 is 22.3 Å². The molecular weight excluding hydrogens is 587 g/mol. The molecule has 6 rings (SSSR count). The zero-order chi connectivity index (χ0) is 31.4. The van der Waals surface area contributed by atoms with E-state index < -0.39 is 27.0 Å². The van der Waals surface area contributed by atoms with E-state index in [1.165, 1.54) is 24.4 Å². The zero-order valence-corrected chi connectivity index (χ0v) is 25.4. The minimum Gasteiger partial charge on any atom is -0.476 e. The molecule has 1 fully saturated rings. The first kappa shape index (κ1) is 29.9. The highest BCUT2D eigenvalue weighted by Gasteiger charge is 2.59. The first-order chi connectivity index (χ1) is 20.9. The zero-order valence-electron chi connectivity index (χ0n) is 24.6. The first-order valence-corrected chi connectivity index (χ1v) is 16.0. The summed E-state index contributed by atoms with van der Waals surface area (Å²) >= 11 is 0. The number of carbonyl (C=O) groups excluding carboxylic acids is 1. The second kappa shape index (κ2) is 11.1. The maximum absolute atomic E-state index is 15.7. The Labute approximate surface area is 253 Å². The molecule has 4 heterocycles. The van der Waals surface area contributed by atoms with Crippen LogP contribution in [0.5, 0.6) is 5.88 Å². The number of pyridine rings is 3. The normalized spacial score (nSPS) is 19.5. The van der Waals surface area contributed by atoms with Crippen LogP contribution in [0.4, 0.5) is 10.1 Å². The third-order valence-corrected chi connectivity index (χ3v) is 9.11. The Morgan fingerprint density at radius 2 is 1.95 bits per heavy atom. The summed E-state index contributed by atoms with van der Waals surface area (Å²) in [6, 6.07) is 9.71. The van der Waals surface area contributed by atoms with Gasteiger partial charge in [-0.1, -0.05) is 19.9 Å². The number of rotatable bonds is 9. The molecule has 0 atom stereocenters. The number of ether oxygens (including phenoxy) is 1. The van der Waals surface area contributed by atoms with Crippen molar-refractivity contribution in [3.05, 3.63) is 81.8 Å². The number of hydrogen-bond acceptors (Lipinski definition) is 8. The number of likely N-dealkylation sites (N-methyl/N-ethyl adjacent to an activating group) is 1. The fraction of sp³-hybridized carbons (Fsp3) is 0.355. The Morgan fingerprint density at radius 3 is 2.66 bits per heavy atom. The minimum absolute atomic E-state index is 0.0245. The number of primary sulfonamides is 1. The molecule has 1 amide bonds. The van der Waals surface area contributed by atoms with Gasteiger partial charge < -0.3 is 19.9 Å². The Morgan fingerprint density at radius 1 is 1.18 bits per heavy atom. The van der Waals surface area contributed by atoms with Crippen molar-refractivity contribution in [1.29, 1.82) is 0 Å². The first-order valence-electron chi connectivity index (χ1n) is 14.3. The Hall–Kier alpha value is -4.20. The number of amides is 1. The van der Waals surface area contributed by atoms with E-state index in [1.807, 2.05) is 19.9 Å². The highest BCUT2D eigenvalue weighted by atomic mass is 32.2. The fourth-order valence-corrected chi connectivity index (χ4v) is 7.03. The standard InChI is InChI=1S/C31H33FN6O5S/c1-17(2)34-7-8-43-29-19(16-44(33,41)42)9-18(14-36-29)21-10-22-25(11-23(21)32)35-15-26-28(22)31(30(40)38(26)3)12-20(13-31)24-5-4-6-27(39)37-24/h4-6,9-11,14-15,17,20,34H,7-8,12-13,16H2,1-3H3,(H,37,39)(H2,33,41,42). The van der Waals surface area contributed by atoms with Crippen LogP contribution < -0.4 is 25.7 Å². The molecule has 13 heteroatoms. The van der Waals surface area contributed by atoms with Gasteiger partial charge in [-0.15, -0.1) is 0 Å². The van der Waals surface area contributed by atoms with Crippen molar-refractivity contribution in [2.45, 2.75) is 49.8 Å². The van der Waals surface area contributed by atoms with Crippen molar-refractivity contribution >= 4 is 32.5 Å². The third-order valence-electron chi connectivity index (χ3n) is 8.40. The molecule has 11 nitrogen and oxygen atoms in total. The second-order valence-electron chi connectivity index (χ2n) is 11.8. The van der Waals surface area contributed by atoms with Crippen molar-refractivity contribution in [2.75, 3.05) is 25.1 Å². The smallest absolute Gasteiger partial charge is 0.248 e. The number of nitrogens with zero attached hydrogens (tertiary/aromatic N) is 3. The van der Waals surface area contributed by atoms with Gasteiger partial charge in [0.15, 0.2) is 0 Å². The third kappa shape index (κ3) is 5.35. The molecule has 1 saturated carbocycles. The SMILES string of the molecule is CC(C)NCCOc1ncc(-c2cc3c4c(cnc3cc2F)N(C)C(=O)C42CC(c3cccc(=O)[nH]3)C2)cc1CS(N)(=O)=O. The predicted octanol–water partition coefficient (Wildman–Crippen LogP) is 3.08. The van der Waals surface area contributed by atoms with Crippen LogP contribution in [0.1, 0.15) is 49.4 Å². The van der Waals surface area contributed by atoms with Gasteiger partial charge in [-0.3, -0.25) is 14.6 Å². The summed E-state index contributed by atoms with van der Waals surface area (Å²) in [5.41, 5.74) is 2.22. The number of carbonyl (C=O) groups is 1. The Kier molecular flexibility index (Phi) is 7.50. The average molecular weight is 621 g/mol. The lowest BCUT2D eigenvalue weighted by atomic mass is 9.57. The van der Waals surface area contributed by atoms with Crippen LogP contribution >= 0.6 is 0 Å². The number of anilines is 1. The predicted molar refractivity (Wildman–Crippen MR) is 165 cm³/mol. The summed E-state index contributed by atoms with van der Waals surface area (Å²) in [4.78, 5) is 38.9. The largest absolute Gasteiger partial charge is 0.476 e. The van der Waals surface area contributed by atoms with E-state index in [0.29, 0.717) is 41.5 Å². The molecule has 44 heavy (non-hydrogen) atoms. The summed E-state index contributed by atoms with van der Waals surface area (Å²) in [6.45, 7) is 4.74. The summed E-state index contributed by atoms with van der Waals surface area (Å²) in [5, 5.41) is 9.19. The van der Waals surface area contributed by atoms with Crippen molar-refractivity contribution in [1.82, 2.24) is 20.3 Å². The van der Waals surface area contributed by atoms with Crippen LogP contribution in [0.25, 0.3) is 22.0 Å². The number of aromatic amines is 1. The Balaban J connectivity index is 1.41. The van der Waals surface area contributed by atoms with Gasteiger partial charge in [0.2, 0.25) is 27.4 Å². The van der Waals surface area contributed by atoms with E-state index in [0.717, 1.165) is 11.3 Å². The van der Waals surface area contributed by atoms with E-state index >= 15 is 4.39 Å². The lowest BCUT2D eigenvalue weighted by Gasteiger charge is -2.44. The minimum atomic E-state index is -3.95. The summed E-state index contributed by atoms with van der Waals surface area (Å²) < 4.78 is 45.5. The van der Waals surface area contributed by atoms with Crippen LogP contribution in [0.3, 0.4) is 0 Å². The van der Waals surface area contributed by atoms with Gasteiger partial charge in [-0.05, 0) is 31.0 Å². The number of aromatic nitrogens is 3. The van der Waals surface area contributed by atoms with Gasteiger partial charge in [0, 0.05) is 77.2 Å². The van der Waals surface area contributed by atoms with Crippen LogP contribution in [0, 0.1) is 5.82 Å². The van der Waals surface area contributed by atoms with E-state index in [-0.39, 0.29) is 47.0 Å². The second-order valence-corrected chi connectivity index (χ2v) is 13.5. The topological polar surface area (TPSA) is 160 Å². The van der Waals surface area contributed by atoms with E-state index in [1.54, 1.807) is 30.3 Å². The van der Waals surface area contributed by atoms with Crippen LogP contribution in [-0.2, 0) is 26.0 Å². The molecule has 3 aromatic heterocycles. The molecule has 4 aromatic rings. The van der Waals surface area contributed by atoms with Gasteiger partial charge in [0.05, 0.1) is 28.6 Å². The van der Waals surface area contributed by atoms with Gasteiger partial charge in [-0.25, -0.2) is 22.9 Å². The number of H-pyrrole nitrogens is 1. The molecule has 0 bridgehead atoms. The quantitative estimate of drug-likeness (QED) is 0.241. The monoisotopic (exact) mass is 620 g/mol. The van der Waals surface area contributed by atoms with Crippen molar-refractivity contribution in [3.63, 3.8) is 0 Å². The lowest BCUT2D eigenvalue weighted by molar-refractivity contribution is -0.126. The highest BCUT2D eigenvalue weighted by molar-refractivity contribution is 7.88. The maximum Gasteiger partial charge on any atom is 0.248 e. The molecule has 0 radical (unpaired) electrons. The van der Waals surface area contributed by atoms with Gasteiger partial charge >= 0.3 is 0 Å². The number of hydrogen-bond donors (Lipinski definition) is 3. The molecular formula is C31H33FN6O5S. The molecule has 1 aliphatic carbocycles. The molecule has 1 spiro atoms. The summed E-state index contributed by atoms with van der Waals surface area (Å²) in [5.74, 6) is -1.12. The molecule has 1 aliphatic heterocycles. The number of benzene rings is 1. The van der Waals surface area contributed by atoms with Gasteiger partial charge in [0.1, 0.15) is 12.4 Å². The number of nitrogens with two attached hydrogens (primary N) is 1. The summed E-state index contributed by atoms with van der Waals surface area (Å²) in [7, 11) is -2.26. The highest BCUT2D eigenvalue weighted by Crippen LogP contribution is 2.60. The number of halogens is 1. The Bertz CT molecular complexity index is 1960. The summed E-state index contributed by atoms with van der Waals surface area (Å²) in [6.07, 6.45) is 3.98. The van der Waals surface area contributed by atoms with Crippen molar-refractivity contribution in [3.8, 4) is 17.0 Å². The van der Waals surface area contributed by atoms with Crippen LogP contribution in [0.2, 0.25) is 0 Å². The molecule has 2 aliphatic rings. The maximum atomic E-state index is 15.7. The lowest BCUT2D eigenvalue weighted by Crippen LogP contribution is -2.48. The van der Waals surface area contributed by atoms with E-state index in [9.17, 15) is 18.0 Å². The number of sulfonamides is 1. The molecule has 1 aromatic carbocycles. The molecule has 0 unspecified atom stereocenters. The van der Waals surface area contributed by atoms with Crippen LogP contribution in [0.15, 0.2) is 53.6 Å². The number of fused-ring (bicyclic) bond motifs is 4.